The zero-order valence-electron chi connectivity index (χ0n) is 8.86. The Hall–Kier alpha value is -0.900. The van der Waals surface area contributed by atoms with Gasteiger partial charge in [-0.3, -0.25) is 4.79 Å². The van der Waals surface area contributed by atoms with Gasteiger partial charge in [-0.1, -0.05) is 20.3 Å². The zero-order valence-corrected chi connectivity index (χ0v) is 9.67. The minimum Gasteiger partial charge on any atom is -0.327 e. The molecule has 0 radical (unpaired) electrons. The average molecular weight is 212 g/mol. The van der Waals surface area contributed by atoms with Gasteiger partial charge in [0.1, 0.15) is 0 Å². The zero-order chi connectivity index (χ0) is 10.6. The fraction of sp³-hybridized carbons (Fsp3) is 0.600. The monoisotopic (exact) mass is 212 g/mol. The Kier molecular flexibility index (Phi) is 4.07. The Balaban J connectivity index is 2.78. The van der Waals surface area contributed by atoms with Crippen molar-refractivity contribution in [2.45, 2.75) is 26.7 Å². The van der Waals surface area contributed by atoms with E-state index in [1.54, 1.807) is 0 Å². The van der Waals surface area contributed by atoms with Crippen LogP contribution in [0.1, 0.15) is 26.7 Å². The molecule has 0 saturated heterocycles. The lowest BCUT2D eigenvalue weighted by Gasteiger charge is -2.02. The molecule has 0 aromatic carbocycles. The van der Waals surface area contributed by atoms with Crippen molar-refractivity contribution < 1.29 is 4.79 Å². The molecular weight excluding hydrogens is 196 g/mol. The van der Waals surface area contributed by atoms with E-state index in [1.807, 2.05) is 30.1 Å². The van der Waals surface area contributed by atoms with Crippen LogP contribution in [0.2, 0.25) is 0 Å². The predicted octanol–water partition coefficient (Wildman–Crippen LogP) is 1.95. The molecule has 78 valence electrons. The van der Waals surface area contributed by atoms with E-state index in [-0.39, 0.29) is 11.8 Å². The Morgan fingerprint density at radius 3 is 2.93 bits per heavy atom. The summed E-state index contributed by atoms with van der Waals surface area (Å²) in [6.45, 7) is 4.01. The molecule has 1 rings (SSSR count). The molecule has 14 heavy (non-hydrogen) atoms. The summed E-state index contributed by atoms with van der Waals surface area (Å²) < 4.78 is 1.86. The number of aryl methyl sites for hydroxylation is 1. The van der Waals surface area contributed by atoms with E-state index in [0.717, 1.165) is 17.6 Å². The molecule has 0 aliphatic carbocycles. The van der Waals surface area contributed by atoms with E-state index >= 15 is 0 Å². The highest BCUT2D eigenvalue weighted by molar-refractivity contribution is 7.07. The van der Waals surface area contributed by atoms with Crippen molar-refractivity contribution in [3.05, 3.63) is 16.4 Å². The Labute approximate surface area is 88.1 Å². The predicted molar refractivity (Wildman–Crippen MR) is 57.9 cm³/mol. The molecule has 1 aromatic rings. The van der Waals surface area contributed by atoms with Crippen LogP contribution in [0.5, 0.6) is 0 Å². The van der Waals surface area contributed by atoms with E-state index in [9.17, 15) is 4.79 Å². The van der Waals surface area contributed by atoms with Crippen LogP contribution < -0.4 is 4.80 Å². The first-order valence-electron chi connectivity index (χ1n) is 4.83. The molecular formula is C10H16N2OS. The maximum atomic E-state index is 11.6. The number of hydrogen-bond acceptors (Lipinski definition) is 2. The first kappa shape index (κ1) is 11.2. The summed E-state index contributed by atoms with van der Waals surface area (Å²) in [5.74, 6) is 0.0343. The summed E-state index contributed by atoms with van der Waals surface area (Å²) >= 11 is 1.49. The molecule has 0 N–H and O–H groups in total. The maximum Gasteiger partial charge on any atom is 0.251 e. The highest BCUT2D eigenvalue weighted by atomic mass is 32.1. The third-order valence-corrected chi connectivity index (χ3v) is 2.96. The SMILES string of the molecule is CCC[C@H](C)C(=O)N=c1sccn1C. The van der Waals surface area contributed by atoms with Crippen LogP contribution in [0.4, 0.5) is 0 Å². The molecule has 0 aliphatic heterocycles. The molecule has 1 amide bonds. The average Bonchev–Trinajstić information content (AvgIpc) is 2.52. The highest BCUT2D eigenvalue weighted by Gasteiger charge is 2.10. The highest BCUT2D eigenvalue weighted by Crippen LogP contribution is 2.06. The molecule has 0 saturated carbocycles. The van der Waals surface area contributed by atoms with E-state index < -0.39 is 0 Å². The molecule has 0 spiro atoms. The van der Waals surface area contributed by atoms with Crippen molar-refractivity contribution in [2.75, 3.05) is 0 Å². The minimum absolute atomic E-state index is 0.00935. The van der Waals surface area contributed by atoms with Crippen LogP contribution >= 0.6 is 11.3 Å². The first-order valence-corrected chi connectivity index (χ1v) is 5.71. The van der Waals surface area contributed by atoms with Gasteiger partial charge in [-0.15, -0.1) is 11.3 Å². The molecule has 0 unspecified atom stereocenters. The number of carbonyl (C=O) groups is 1. The summed E-state index contributed by atoms with van der Waals surface area (Å²) in [6, 6.07) is 0. The second-order valence-corrected chi connectivity index (χ2v) is 4.31. The van der Waals surface area contributed by atoms with Crippen molar-refractivity contribution >= 4 is 17.2 Å². The second kappa shape index (κ2) is 5.10. The lowest BCUT2D eigenvalue weighted by Crippen LogP contribution is -2.16. The number of carbonyl (C=O) groups excluding carboxylic acids is 1. The van der Waals surface area contributed by atoms with Crippen molar-refractivity contribution in [2.24, 2.45) is 18.0 Å². The number of thiazole rings is 1. The lowest BCUT2D eigenvalue weighted by atomic mass is 10.1. The first-order chi connectivity index (χ1) is 6.65. The van der Waals surface area contributed by atoms with Crippen LogP contribution in [-0.4, -0.2) is 10.5 Å². The normalized spacial score (nSPS) is 14.4. The number of aromatic nitrogens is 1. The number of hydrogen-bond donors (Lipinski definition) is 0. The van der Waals surface area contributed by atoms with Gasteiger partial charge in [-0.2, -0.15) is 4.99 Å². The fourth-order valence-corrected chi connectivity index (χ4v) is 1.93. The number of amides is 1. The van der Waals surface area contributed by atoms with Gasteiger partial charge in [-0.05, 0) is 6.42 Å². The van der Waals surface area contributed by atoms with E-state index in [0.29, 0.717) is 0 Å². The van der Waals surface area contributed by atoms with Gasteiger partial charge < -0.3 is 4.57 Å². The van der Waals surface area contributed by atoms with Crippen molar-refractivity contribution in [1.29, 1.82) is 0 Å². The van der Waals surface area contributed by atoms with E-state index in [2.05, 4.69) is 11.9 Å². The third-order valence-electron chi connectivity index (χ3n) is 2.11. The molecule has 1 aromatic heterocycles. The van der Waals surface area contributed by atoms with Crippen LogP contribution in [0, 0.1) is 5.92 Å². The summed E-state index contributed by atoms with van der Waals surface area (Å²) in [5, 5.41) is 1.93. The molecule has 4 heteroatoms. The number of nitrogens with zero attached hydrogens (tertiary/aromatic N) is 2. The Bertz CT molecular complexity index is 364. The maximum absolute atomic E-state index is 11.6. The van der Waals surface area contributed by atoms with Gasteiger partial charge in [0.2, 0.25) is 0 Å². The van der Waals surface area contributed by atoms with Gasteiger partial charge in [0.05, 0.1) is 0 Å². The second-order valence-electron chi connectivity index (χ2n) is 3.44. The van der Waals surface area contributed by atoms with Crippen LogP contribution in [0.3, 0.4) is 0 Å². The Morgan fingerprint density at radius 1 is 1.71 bits per heavy atom. The summed E-state index contributed by atoms with van der Waals surface area (Å²) in [5.41, 5.74) is 0. The fourth-order valence-electron chi connectivity index (χ4n) is 1.20. The molecule has 1 heterocycles. The van der Waals surface area contributed by atoms with Gasteiger partial charge in [0.25, 0.3) is 5.91 Å². The smallest absolute Gasteiger partial charge is 0.251 e. The molecule has 0 aliphatic rings. The lowest BCUT2D eigenvalue weighted by molar-refractivity contribution is -0.121. The van der Waals surface area contributed by atoms with Crippen molar-refractivity contribution in [3.63, 3.8) is 0 Å². The number of rotatable bonds is 3. The quantitative estimate of drug-likeness (QED) is 0.754. The molecule has 0 fully saturated rings. The molecule has 0 bridgehead atoms. The molecule has 1 atom stereocenters. The summed E-state index contributed by atoms with van der Waals surface area (Å²) in [7, 11) is 1.90. The minimum atomic E-state index is -0.00935. The topological polar surface area (TPSA) is 34.4 Å². The van der Waals surface area contributed by atoms with Gasteiger partial charge in [0.15, 0.2) is 4.80 Å². The van der Waals surface area contributed by atoms with E-state index in [4.69, 9.17) is 0 Å². The van der Waals surface area contributed by atoms with Gasteiger partial charge in [-0.25, -0.2) is 0 Å². The van der Waals surface area contributed by atoms with Crippen molar-refractivity contribution in [3.8, 4) is 0 Å². The van der Waals surface area contributed by atoms with Gasteiger partial charge in [0, 0.05) is 24.5 Å². The van der Waals surface area contributed by atoms with Crippen LogP contribution in [0.25, 0.3) is 0 Å². The van der Waals surface area contributed by atoms with Crippen LogP contribution in [-0.2, 0) is 11.8 Å². The van der Waals surface area contributed by atoms with Gasteiger partial charge >= 0.3 is 0 Å². The summed E-state index contributed by atoms with van der Waals surface area (Å²) in [6.07, 6.45) is 3.84. The largest absolute Gasteiger partial charge is 0.327 e. The standard InChI is InChI=1S/C10H16N2OS/c1-4-5-8(2)9(13)11-10-12(3)6-7-14-10/h6-8H,4-5H2,1-3H3/t8-/m0/s1. The van der Waals surface area contributed by atoms with E-state index in [1.165, 1.54) is 11.3 Å². The third kappa shape index (κ3) is 2.80. The van der Waals surface area contributed by atoms with Crippen LogP contribution in [0.15, 0.2) is 16.6 Å². The Morgan fingerprint density at radius 2 is 2.43 bits per heavy atom. The summed E-state index contributed by atoms with van der Waals surface area (Å²) in [4.78, 5) is 16.4. The molecule has 3 nitrogen and oxygen atoms in total. The van der Waals surface area contributed by atoms with Crippen molar-refractivity contribution in [1.82, 2.24) is 4.57 Å².